The SMILES string of the molecule is O=C(Nc1ccccc1)C1CCCN(c2ccc(-n3ccnc3-c3ccccc3)nn2)C1. The predicted molar refractivity (Wildman–Crippen MR) is 125 cm³/mol. The molecule has 5 rings (SSSR count). The topological polar surface area (TPSA) is 75.9 Å². The maximum atomic E-state index is 12.7. The number of carbonyl (C=O) groups excluding carboxylic acids is 1. The minimum atomic E-state index is -0.0798. The Morgan fingerprint density at radius 2 is 1.62 bits per heavy atom. The van der Waals surface area contributed by atoms with E-state index in [4.69, 9.17) is 0 Å². The number of carbonyl (C=O) groups is 1. The van der Waals surface area contributed by atoms with Gasteiger partial charge in [0.2, 0.25) is 5.91 Å². The third-order valence-corrected chi connectivity index (χ3v) is 5.71. The van der Waals surface area contributed by atoms with Gasteiger partial charge in [-0.25, -0.2) is 4.98 Å². The van der Waals surface area contributed by atoms with E-state index >= 15 is 0 Å². The van der Waals surface area contributed by atoms with Crippen LogP contribution >= 0.6 is 0 Å². The number of nitrogens with one attached hydrogen (secondary N) is 1. The zero-order chi connectivity index (χ0) is 21.8. The summed E-state index contributed by atoms with van der Waals surface area (Å²) in [6, 6.07) is 23.5. The summed E-state index contributed by atoms with van der Waals surface area (Å²) < 4.78 is 1.93. The fraction of sp³-hybridized carbons (Fsp3) is 0.200. The molecule has 7 nitrogen and oxygen atoms in total. The molecule has 1 fully saturated rings. The zero-order valence-corrected chi connectivity index (χ0v) is 17.6. The first-order valence-electron chi connectivity index (χ1n) is 10.8. The molecule has 1 unspecified atom stereocenters. The molecule has 0 bridgehead atoms. The van der Waals surface area contributed by atoms with Gasteiger partial charge in [0.15, 0.2) is 11.6 Å². The summed E-state index contributed by atoms with van der Waals surface area (Å²) in [6.07, 6.45) is 5.46. The molecular weight excluding hydrogens is 400 g/mol. The summed E-state index contributed by atoms with van der Waals surface area (Å²) in [6.45, 7) is 1.50. The minimum Gasteiger partial charge on any atom is -0.354 e. The van der Waals surface area contributed by atoms with Gasteiger partial charge in [0.25, 0.3) is 0 Å². The number of para-hydroxylation sites is 1. The average molecular weight is 425 g/mol. The summed E-state index contributed by atoms with van der Waals surface area (Å²) in [5, 5.41) is 11.9. The van der Waals surface area contributed by atoms with E-state index in [1.807, 2.05) is 83.6 Å². The lowest BCUT2D eigenvalue weighted by molar-refractivity contribution is -0.120. The first-order valence-corrected chi connectivity index (χ1v) is 10.8. The number of hydrogen-bond acceptors (Lipinski definition) is 5. The van der Waals surface area contributed by atoms with Gasteiger partial charge in [-0.3, -0.25) is 9.36 Å². The lowest BCUT2D eigenvalue weighted by Gasteiger charge is -2.32. The van der Waals surface area contributed by atoms with Crippen molar-refractivity contribution in [1.82, 2.24) is 19.7 Å². The number of piperidine rings is 1. The van der Waals surface area contributed by atoms with Crippen LogP contribution in [0.3, 0.4) is 0 Å². The van der Waals surface area contributed by atoms with Crippen molar-refractivity contribution in [3.05, 3.63) is 85.2 Å². The van der Waals surface area contributed by atoms with Crippen molar-refractivity contribution in [2.45, 2.75) is 12.8 Å². The Hall–Kier alpha value is -4.00. The summed E-state index contributed by atoms with van der Waals surface area (Å²) in [4.78, 5) is 19.4. The van der Waals surface area contributed by atoms with Crippen LogP contribution < -0.4 is 10.2 Å². The van der Waals surface area contributed by atoms with Gasteiger partial charge in [-0.2, -0.15) is 0 Å². The number of nitrogens with zero attached hydrogens (tertiary/aromatic N) is 5. The van der Waals surface area contributed by atoms with Crippen LogP contribution in [0.4, 0.5) is 11.5 Å². The van der Waals surface area contributed by atoms with Crippen LogP contribution in [0.15, 0.2) is 85.2 Å². The number of benzene rings is 2. The summed E-state index contributed by atoms with van der Waals surface area (Å²) >= 11 is 0. The molecule has 2 aromatic carbocycles. The van der Waals surface area contributed by atoms with Crippen LogP contribution in [-0.4, -0.2) is 38.7 Å². The van der Waals surface area contributed by atoms with E-state index in [2.05, 4.69) is 25.4 Å². The van der Waals surface area contributed by atoms with E-state index in [0.29, 0.717) is 12.4 Å². The van der Waals surface area contributed by atoms with Crippen molar-refractivity contribution in [3.8, 4) is 17.2 Å². The van der Waals surface area contributed by atoms with Crippen molar-refractivity contribution < 1.29 is 4.79 Å². The van der Waals surface area contributed by atoms with Crippen LogP contribution in [0.5, 0.6) is 0 Å². The lowest BCUT2D eigenvalue weighted by Crippen LogP contribution is -2.41. The Morgan fingerprint density at radius 3 is 2.38 bits per heavy atom. The molecule has 2 aromatic heterocycles. The molecule has 1 aliphatic heterocycles. The minimum absolute atomic E-state index is 0.0522. The Labute approximate surface area is 186 Å². The number of aromatic nitrogens is 4. The van der Waals surface area contributed by atoms with E-state index in [-0.39, 0.29) is 11.8 Å². The highest BCUT2D eigenvalue weighted by molar-refractivity contribution is 5.93. The monoisotopic (exact) mass is 424 g/mol. The van der Waals surface area contributed by atoms with Crippen molar-refractivity contribution in [3.63, 3.8) is 0 Å². The third kappa shape index (κ3) is 4.23. The molecule has 0 aliphatic carbocycles. The molecule has 4 aromatic rings. The van der Waals surface area contributed by atoms with E-state index in [9.17, 15) is 4.79 Å². The maximum Gasteiger partial charge on any atom is 0.229 e. The van der Waals surface area contributed by atoms with E-state index in [0.717, 1.165) is 42.3 Å². The molecule has 7 heteroatoms. The van der Waals surface area contributed by atoms with Gasteiger partial charge < -0.3 is 10.2 Å². The van der Waals surface area contributed by atoms with Crippen molar-refractivity contribution in [2.75, 3.05) is 23.3 Å². The molecule has 32 heavy (non-hydrogen) atoms. The molecule has 160 valence electrons. The van der Waals surface area contributed by atoms with Gasteiger partial charge >= 0.3 is 0 Å². The molecule has 1 atom stereocenters. The van der Waals surface area contributed by atoms with Crippen LogP contribution in [-0.2, 0) is 4.79 Å². The van der Waals surface area contributed by atoms with E-state index in [1.165, 1.54) is 0 Å². The Morgan fingerprint density at radius 1 is 0.906 bits per heavy atom. The average Bonchev–Trinajstić information content (AvgIpc) is 3.35. The van der Waals surface area contributed by atoms with Gasteiger partial charge in [0, 0.05) is 36.7 Å². The van der Waals surface area contributed by atoms with Crippen LogP contribution in [0, 0.1) is 5.92 Å². The summed E-state index contributed by atoms with van der Waals surface area (Å²) in [5.74, 6) is 2.29. The van der Waals surface area contributed by atoms with E-state index < -0.39 is 0 Å². The Kier molecular flexibility index (Phi) is 5.61. The molecular formula is C25H24N6O. The first-order chi connectivity index (χ1) is 15.8. The molecule has 1 amide bonds. The fourth-order valence-electron chi connectivity index (χ4n) is 4.07. The second kappa shape index (κ2) is 9.01. The maximum absolute atomic E-state index is 12.7. The normalized spacial score (nSPS) is 16.0. The molecule has 1 N–H and O–H groups in total. The second-order valence-electron chi connectivity index (χ2n) is 7.88. The number of anilines is 2. The zero-order valence-electron chi connectivity index (χ0n) is 17.6. The Balaban J connectivity index is 1.29. The van der Waals surface area contributed by atoms with Crippen LogP contribution in [0.25, 0.3) is 17.2 Å². The predicted octanol–water partition coefficient (Wildman–Crippen LogP) is 4.18. The summed E-state index contributed by atoms with van der Waals surface area (Å²) in [5.41, 5.74) is 1.85. The van der Waals surface area contributed by atoms with Crippen molar-refractivity contribution in [1.29, 1.82) is 0 Å². The number of amides is 1. The fourth-order valence-corrected chi connectivity index (χ4v) is 4.07. The molecule has 0 saturated carbocycles. The molecule has 0 radical (unpaired) electrons. The lowest BCUT2D eigenvalue weighted by atomic mass is 9.97. The standard InChI is InChI=1S/C25H24N6O/c32-25(27-21-11-5-2-6-12-21)20-10-7-16-30(18-20)22-13-14-23(29-28-22)31-17-15-26-24(31)19-8-3-1-4-9-19/h1-6,8-9,11-15,17,20H,7,10,16,18H2,(H,27,32). The highest BCUT2D eigenvalue weighted by Crippen LogP contribution is 2.24. The van der Waals surface area contributed by atoms with E-state index in [1.54, 1.807) is 6.20 Å². The van der Waals surface area contributed by atoms with Crippen molar-refractivity contribution in [2.24, 2.45) is 5.92 Å². The first kappa shape index (κ1) is 19.9. The Bertz CT molecular complexity index is 1170. The molecule has 0 spiro atoms. The largest absolute Gasteiger partial charge is 0.354 e. The van der Waals surface area contributed by atoms with Crippen LogP contribution in [0.2, 0.25) is 0 Å². The van der Waals surface area contributed by atoms with Gasteiger partial charge in [-0.05, 0) is 37.1 Å². The van der Waals surface area contributed by atoms with Crippen LogP contribution in [0.1, 0.15) is 12.8 Å². The molecule has 1 aliphatic rings. The van der Waals surface area contributed by atoms with Gasteiger partial charge in [0.1, 0.15) is 5.82 Å². The number of imidazole rings is 1. The van der Waals surface area contributed by atoms with Gasteiger partial charge in [-0.15, -0.1) is 10.2 Å². The highest BCUT2D eigenvalue weighted by atomic mass is 16.1. The second-order valence-corrected chi connectivity index (χ2v) is 7.88. The number of hydrogen-bond donors (Lipinski definition) is 1. The third-order valence-electron chi connectivity index (χ3n) is 5.71. The van der Waals surface area contributed by atoms with Gasteiger partial charge in [-0.1, -0.05) is 48.5 Å². The molecule has 3 heterocycles. The quantitative estimate of drug-likeness (QED) is 0.520. The highest BCUT2D eigenvalue weighted by Gasteiger charge is 2.27. The number of rotatable bonds is 5. The van der Waals surface area contributed by atoms with Crippen molar-refractivity contribution >= 4 is 17.4 Å². The summed E-state index contributed by atoms with van der Waals surface area (Å²) in [7, 11) is 0. The van der Waals surface area contributed by atoms with Gasteiger partial charge in [0.05, 0.1) is 5.92 Å². The smallest absolute Gasteiger partial charge is 0.229 e. The molecule has 1 saturated heterocycles.